The normalized spacial score (nSPS) is 14.6. The Morgan fingerprint density at radius 3 is 3.00 bits per heavy atom. The highest BCUT2D eigenvalue weighted by Crippen LogP contribution is 2.27. The van der Waals surface area contributed by atoms with Crippen LogP contribution in [0, 0.1) is 0 Å². The Labute approximate surface area is 119 Å². The van der Waals surface area contributed by atoms with Crippen LogP contribution in [0.25, 0.3) is 0 Å². The smallest absolute Gasteiger partial charge is 0.0617 e. The maximum atomic E-state index is 5.46. The molecule has 0 saturated heterocycles. The standard InChI is InChI=1S/C16H20N4/c17-19-14-8-9-18-15(11-14)12-20-10-4-3-6-13-5-1-2-7-16(13)20/h1-2,5,7-9,11H,3-4,6,10,12,17H2,(H,18,19). The van der Waals surface area contributed by atoms with Gasteiger partial charge < -0.3 is 10.3 Å². The molecular formula is C16H20N4. The van der Waals surface area contributed by atoms with Crippen molar-refractivity contribution in [3.05, 3.63) is 53.9 Å². The third-order valence-electron chi connectivity index (χ3n) is 3.79. The first-order chi connectivity index (χ1) is 9.86. The summed E-state index contributed by atoms with van der Waals surface area (Å²) in [5.74, 6) is 5.46. The first kappa shape index (κ1) is 12.9. The topological polar surface area (TPSA) is 54.2 Å². The minimum atomic E-state index is 0.826. The Morgan fingerprint density at radius 1 is 1.20 bits per heavy atom. The first-order valence-electron chi connectivity index (χ1n) is 7.11. The zero-order chi connectivity index (χ0) is 13.8. The van der Waals surface area contributed by atoms with Gasteiger partial charge in [0, 0.05) is 18.4 Å². The van der Waals surface area contributed by atoms with E-state index >= 15 is 0 Å². The van der Waals surface area contributed by atoms with Crippen molar-refractivity contribution in [2.24, 2.45) is 5.84 Å². The number of para-hydroxylation sites is 1. The molecule has 0 unspecified atom stereocenters. The van der Waals surface area contributed by atoms with E-state index < -0.39 is 0 Å². The minimum absolute atomic E-state index is 0.826. The van der Waals surface area contributed by atoms with Crippen LogP contribution in [0.3, 0.4) is 0 Å². The zero-order valence-corrected chi connectivity index (χ0v) is 11.5. The number of fused-ring (bicyclic) bond motifs is 1. The van der Waals surface area contributed by atoms with Gasteiger partial charge in [0.1, 0.15) is 0 Å². The summed E-state index contributed by atoms with van der Waals surface area (Å²) in [5.41, 5.74) is 7.41. The van der Waals surface area contributed by atoms with Crippen molar-refractivity contribution in [2.45, 2.75) is 25.8 Å². The van der Waals surface area contributed by atoms with Crippen LogP contribution in [0.1, 0.15) is 24.1 Å². The molecule has 1 aromatic heterocycles. The summed E-state index contributed by atoms with van der Waals surface area (Å²) in [6.45, 7) is 1.91. The van der Waals surface area contributed by atoms with Crippen LogP contribution in [0.5, 0.6) is 0 Å². The van der Waals surface area contributed by atoms with Gasteiger partial charge in [-0.2, -0.15) is 0 Å². The second-order valence-corrected chi connectivity index (χ2v) is 5.19. The predicted molar refractivity (Wildman–Crippen MR) is 82.5 cm³/mol. The number of nitrogen functional groups attached to an aromatic ring is 1. The minimum Gasteiger partial charge on any atom is -0.365 e. The van der Waals surface area contributed by atoms with Gasteiger partial charge in [-0.25, -0.2) is 0 Å². The highest BCUT2D eigenvalue weighted by Gasteiger charge is 2.15. The van der Waals surface area contributed by atoms with E-state index in [2.05, 4.69) is 39.6 Å². The van der Waals surface area contributed by atoms with Crippen molar-refractivity contribution in [2.75, 3.05) is 16.9 Å². The van der Waals surface area contributed by atoms with E-state index in [0.717, 1.165) is 24.5 Å². The summed E-state index contributed by atoms with van der Waals surface area (Å²) < 4.78 is 0. The second-order valence-electron chi connectivity index (χ2n) is 5.19. The fourth-order valence-electron chi connectivity index (χ4n) is 2.78. The van der Waals surface area contributed by atoms with Crippen LogP contribution in [-0.4, -0.2) is 11.5 Å². The molecule has 0 fully saturated rings. The van der Waals surface area contributed by atoms with Crippen LogP contribution in [0.15, 0.2) is 42.6 Å². The quantitative estimate of drug-likeness (QED) is 0.664. The molecule has 0 atom stereocenters. The number of aromatic nitrogens is 1. The lowest BCUT2D eigenvalue weighted by Gasteiger charge is -2.24. The average Bonchev–Trinajstić information content (AvgIpc) is 2.70. The molecule has 1 aromatic carbocycles. The molecule has 3 N–H and O–H groups in total. The molecule has 20 heavy (non-hydrogen) atoms. The van der Waals surface area contributed by atoms with Crippen molar-refractivity contribution >= 4 is 11.4 Å². The van der Waals surface area contributed by atoms with Crippen LogP contribution in [0.2, 0.25) is 0 Å². The first-order valence-corrected chi connectivity index (χ1v) is 7.11. The lowest BCUT2D eigenvalue weighted by Crippen LogP contribution is -2.24. The summed E-state index contributed by atoms with van der Waals surface area (Å²) in [6.07, 6.45) is 5.45. The van der Waals surface area contributed by atoms with E-state index in [4.69, 9.17) is 5.84 Å². The van der Waals surface area contributed by atoms with Crippen molar-refractivity contribution in [1.29, 1.82) is 0 Å². The van der Waals surface area contributed by atoms with Gasteiger partial charge in [0.05, 0.1) is 17.9 Å². The third kappa shape index (κ3) is 2.75. The number of aryl methyl sites for hydroxylation is 1. The van der Waals surface area contributed by atoms with Gasteiger partial charge in [0.25, 0.3) is 0 Å². The largest absolute Gasteiger partial charge is 0.365 e. The maximum absolute atomic E-state index is 5.46. The summed E-state index contributed by atoms with van der Waals surface area (Å²) >= 11 is 0. The molecular weight excluding hydrogens is 248 g/mol. The van der Waals surface area contributed by atoms with E-state index in [-0.39, 0.29) is 0 Å². The maximum Gasteiger partial charge on any atom is 0.0617 e. The molecule has 0 amide bonds. The number of nitrogens with zero attached hydrogens (tertiary/aromatic N) is 2. The van der Waals surface area contributed by atoms with Crippen molar-refractivity contribution in [3.63, 3.8) is 0 Å². The Bertz CT molecular complexity index is 582. The average molecular weight is 268 g/mol. The number of nitrogens with one attached hydrogen (secondary N) is 1. The van der Waals surface area contributed by atoms with Gasteiger partial charge >= 0.3 is 0 Å². The zero-order valence-electron chi connectivity index (χ0n) is 11.5. The highest BCUT2D eigenvalue weighted by molar-refractivity contribution is 5.55. The highest BCUT2D eigenvalue weighted by atomic mass is 15.2. The van der Waals surface area contributed by atoms with Crippen LogP contribution >= 0.6 is 0 Å². The van der Waals surface area contributed by atoms with Gasteiger partial charge in [-0.05, 0) is 43.0 Å². The molecule has 2 heterocycles. The van der Waals surface area contributed by atoms with Crippen molar-refractivity contribution in [3.8, 4) is 0 Å². The van der Waals surface area contributed by atoms with E-state index in [1.807, 2.05) is 12.1 Å². The van der Waals surface area contributed by atoms with Gasteiger partial charge in [-0.1, -0.05) is 18.2 Å². The van der Waals surface area contributed by atoms with Gasteiger partial charge in [0.15, 0.2) is 0 Å². The number of benzene rings is 1. The van der Waals surface area contributed by atoms with Crippen molar-refractivity contribution < 1.29 is 0 Å². The molecule has 4 heteroatoms. The molecule has 0 aliphatic carbocycles. The predicted octanol–water partition coefficient (Wildman–Crippen LogP) is 2.71. The number of rotatable bonds is 3. The molecule has 1 aliphatic rings. The van der Waals surface area contributed by atoms with Crippen LogP contribution < -0.4 is 16.2 Å². The summed E-state index contributed by atoms with van der Waals surface area (Å²) in [7, 11) is 0. The summed E-state index contributed by atoms with van der Waals surface area (Å²) in [5, 5.41) is 0. The molecule has 3 rings (SSSR count). The molecule has 2 aromatic rings. The molecule has 104 valence electrons. The summed E-state index contributed by atoms with van der Waals surface area (Å²) in [6, 6.07) is 12.6. The summed E-state index contributed by atoms with van der Waals surface area (Å²) in [4.78, 5) is 6.87. The van der Waals surface area contributed by atoms with E-state index in [1.54, 1.807) is 6.20 Å². The molecule has 0 radical (unpaired) electrons. The SMILES string of the molecule is NNc1ccnc(CN2CCCCc3ccccc32)c1. The Kier molecular flexibility index (Phi) is 3.83. The Hall–Kier alpha value is -2.07. The number of hydrogen-bond acceptors (Lipinski definition) is 4. The number of anilines is 2. The molecule has 4 nitrogen and oxygen atoms in total. The number of hydrogen-bond donors (Lipinski definition) is 2. The van der Waals surface area contributed by atoms with Gasteiger partial charge in [-0.3, -0.25) is 10.8 Å². The van der Waals surface area contributed by atoms with E-state index in [9.17, 15) is 0 Å². The number of nitrogens with two attached hydrogens (primary N) is 1. The second kappa shape index (κ2) is 5.92. The Balaban J connectivity index is 1.86. The van der Waals surface area contributed by atoms with Gasteiger partial charge in [0.2, 0.25) is 0 Å². The monoisotopic (exact) mass is 268 g/mol. The fourth-order valence-corrected chi connectivity index (χ4v) is 2.78. The van der Waals surface area contributed by atoms with E-state index in [0.29, 0.717) is 0 Å². The molecule has 1 aliphatic heterocycles. The van der Waals surface area contributed by atoms with Crippen LogP contribution in [0.4, 0.5) is 11.4 Å². The molecule has 0 spiro atoms. The van der Waals surface area contributed by atoms with Crippen molar-refractivity contribution in [1.82, 2.24) is 4.98 Å². The molecule has 0 saturated carbocycles. The number of hydrazine groups is 1. The Morgan fingerprint density at radius 2 is 2.10 bits per heavy atom. The van der Waals surface area contributed by atoms with E-state index in [1.165, 1.54) is 30.5 Å². The number of pyridine rings is 1. The van der Waals surface area contributed by atoms with Crippen LogP contribution in [-0.2, 0) is 13.0 Å². The lowest BCUT2D eigenvalue weighted by atomic mass is 10.1. The lowest BCUT2D eigenvalue weighted by molar-refractivity contribution is 0.708. The van der Waals surface area contributed by atoms with Gasteiger partial charge in [-0.15, -0.1) is 0 Å². The fraction of sp³-hybridized carbons (Fsp3) is 0.312. The third-order valence-corrected chi connectivity index (χ3v) is 3.79. The molecule has 0 bridgehead atoms.